The van der Waals surface area contributed by atoms with E-state index in [2.05, 4.69) is 316 Å². The molecule has 0 saturated heterocycles. The van der Waals surface area contributed by atoms with E-state index in [1.807, 2.05) is 36.4 Å². The van der Waals surface area contributed by atoms with Crippen LogP contribution in [0, 0.1) is 17.9 Å². The molecule has 0 spiro atoms. The smallest absolute Gasteiger partial charge is 0.252 e. The van der Waals surface area contributed by atoms with Crippen molar-refractivity contribution in [1.82, 2.24) is 4.57 Å². The van der Waals surface area contributed by atoms with E-state index in [-0.39, 0.29) is 6.71 Å². The fraction of sp³-hybridized carbons (Fsp3) is 0. The Morgan fingerprint density at radius 3 is 1.30 bits per heavy atom. The maximum absolute atomic E-state index is 9.94. The van der Waals surface area contributed by atoms with Crippen LogP contribution in [-0.2, 0) is 0 Å². The molecule has 0 radical (unpaired) electrons. The minimum atomic E-state index is -0.0995. The van der Waals surface area contributed by atoms with E-state index in [0.29, 0.717) is 11.3 Å². The molecular formula is C86H54BN5. The number of para-hydroxylation sites is 3. The number of anilines is 6. The third-order valence-corrected chi connectivity index (χ3v) is 18.5. The topological polar surface area (TPSA) is 39.6 Å². The highest BCUT2D eigenvalue weighted by Crippen LogP contribution is 2.50. The Balaban J connectivity index is 0.939. The fourth-order valence-corrected chi connectivity index (χ4v) is 14.4. The lowest BCUT2D eigenvalue weighted by atomic mass is 9.33. The molecule has 426 valence electrons. The molecule has 0 N–H and O–H groups in total. The van der Waals surface area contributed by atoms with Gasteiger partial charge in [0.25, 0.3) is 6.71 Å². The van der Waals surface area contributed by atoms with Crippen molar-refractivity contribution in [3.8, 4) is 89.6 Å². The second kappa shape index (κ2) is 22.3. The first-order valence-electron chi connectivity index (χ1n) is 31.2. The molecule has 92 heavy (non-hydrogen) atoms. The van der Waals surface area contributed by atoms with Gasteiger partial charge < -0.3 is 14.4 Å². The number of benzene rings is 14. The first kappa shape index (κ1) is 53.7. The number of hydrogen-bond acceptors (Lipinski definition) is 3. The van der Waals surface area contributed by atoms with Crippen LogP contribution < -0.4 is 26.2 Å². The van der Waals surface area contributed by atoms with E-state index in [9.17, 15) is 5.26 Å². The van der Waals surface area contributed by atoms with Crippen LogP contribution in [0.2, 0.25) is 0 Å². The Hall–Kier alpha value is -12.5. The minimum Gasteiger partial charge on any atom is -0.311 e. The molecule has 0 amide bonds. The van der Waals surface area contributed by atoms with E-state index >= 15 is 0 Å². The SMILES string of the molecule is [C-]#[N+]c1cccc(-c2cc(-c3cccc(C#N)c3)ccc2-n2c3ccccc3c3cc(-c4cc5c6c(c4)N(c4cc(-c7ccccc7)cc(-c7ccccc7)c4)c4ccccc4B6c4ccccc4N5c4cc(-c5ccccc5)cc(-c5ccccc5)c4)ccc32)c1. The first-order valence-corrected chi connectivity index (χ1v) is 31.2. The van der Waals surface area contributed by atoms with Crippen LogP contribution in [-0.4, -0.2) is 11.3 Å². The van der Waals surface area contributed by atoms with Gasteiger partial charge >= 0.3 is 0 Å². The Kier molecular flexibility index (Phi) is 13.0. The molecule has 15 aromatic rings. The van der Waals surface area contributed by atoms with Crippen molar-refractivity contribution in [3.05, 3.63) is 345 Å². The first-order chi connectivity index (χ1) is 45.5. The summed E-state index contributed by atoms with van der Waals surface area (Å²) in [5, 5.41) is 12.2. The molecule has 0 fully saturated rings. The normalized spacial score (nSPS) is 12.0. The Bertz CT molecular complexity index is 5190. The fourth-order valence-electron chi connectivity index (χ4n) is 14.4. The molecule has 0 unspecified atom stereocenters. The zero-order valence-electron chi connectivity index (χ0n) is 50.0. The number of fused-ring (bicyclic) bond motifs is 7. The van der Waals surface area contributed by atoms with Gasteiger partial charge in [0.05, 0.1) is 34.9 Å². The van der Waals surface area contributed by atoms with Crippen LogP contribution in [0.1, 0.15) is 5.56 Å². The third-order valence-electron chi connectivity index (χ3n) is 18.5. The summed E-state index contributed by atoms with van der Waals surface area (Å²) in [7, 11) is 0. The Morgan fingerprint density at radius 1 is 0.304 bits per heavy atom. The van der Waals surface area contributed by atoms with E-state index in [1.165, 1.54) is 16.4 Å². The summed E-state index contributed by atoms with van der Waals surface area (Å²) in [5.74, 6) is 0. The number of rotatable bonds is 10. The van der Waals surface area contributed by atoms with Crippen molar-refractivity contribution in [2.75, 3.05) is 9.80 Å². The van der Waals surface area contributed by atoms with Gasteiger partial charge in [0.1, 0.15) is 0 Å². The van der Waals surface area contributed by atoms with Gasteiger partial charge in [-0.2, -0.15) is 5.26 Å². The van der Waals surface area contributed by atoms with Gasteiger partial charge in [0.2, 0.25) is 0 Å². The average molecular weight is 1170 g/mol. The second-order valence-electron chi connectivity index (χ2n) is 23.8. The van der Waals surface area contributed by atoms with Crippen molar-refractivity contribution < 1.29 is 0 Å². The van der Waals surface area contributed by atoms with Gasteiger partial charge in [-0.05, 0) is 198 Å². The molecule has 2 aliphatic rings. The maximum atomic E-state index is 9.94. The highest BCUT2D eigenvalue weighted by Gasteiger charge is 2.44. The minimum absolute atomic E-state index is 0.0995. The number of hydrogen-bond donors (Lipinski definition) is 0. The van der Waals surface area contributed by atoms with Crippen molar-refractivity contribution in [2.45, 2.75) is 0 Å². The molecule has 2 aliphatic heterocycles. The summed E-state index contributed by atoms with van der Waals surface area (Å²) in [6.45, 7) is 7.94. The van der Waals surface area contributed by atoms with E-state index < -0.39 is 0 Å². The zero-order valence-corrected chi connectivity index (χ0v) is 50.0. The molecule has 17 rings (SSSR count). The highest BCUT2D eigenvalue weighted by atomic mass is 15.2. The second-order valence-corrected chi connectivity index (χ2v) is 23.8. The molecule has 0 saturated carbocycles. The van der Waals surface area contributed by atoms with Crippen molar-refractivity contribution >= 4 is 84.7 Å². The third kappa shape index (κ3) is 9.17. The summed E-state index contributed by atoms with van der Waals surface area (Å²) >= 11 is 0. The Labute approximate surface area is 535 Å². The van der Waals surface area contributed by atoms with Crippen LogP contribution in [0.25, 0.3) is 110 Å². The highest BCUT2D eigenvalue weighted by molar-refractivity contribution is 7.00. The van der Waals surface area contributed by atoms with E-state index in [4.69, 9.17) is 6.57 Å². The van der Waals surface area contributed by atoms with Crippen LogP contribution in [0.3, 0.4) is 0 Å². The maximum Gasteiger partial charge on any atom is 0.252 e. The average Bonchev–Trinajstić information content (AvgIpc) is 0.788. The summed E-state index contributed by atoms with van der Waals surface area (Å²) in [6, 6.07) is 121. The molecule has 14 aromatic carbocycles. The summed E-state index contributed by atoms with van der Waals surface area (Å²) in [5.41, 5.74) is 29.8. The lowest BCUT2D eigenvalue weighted by Crippen LogP contribution is -2.61. The molecule has 0 atom stereocenters. The summed E-state index contributed by atoms with van der Waals surface area (Å²) in [4.78, 5) is 8.96. The number of aromatic nitrogens is 1. The van der Waals surface area contributed by atoms with Crippen LogP contribution >= 0.6 is 0 Å². The standard InChI is InChI=1S/C86H54BN5/c1-89-71-33-21-32-65(47-71)75-52-63(62-31-20-22-57(44-62)56-88)40-42-80(75)92-79-37-17-14-34-74(79)76-53-64(41-43-81(76)92)70-54-84-86-85(55-70)91(73-50-68(60-27-10-4-11-28-60)46-69(51-73)61-29-12-5-13-30-61)83-39-19-16-36-78(83)87(86)77-35-15-18-38-82(77)90(84)72-48-66(58-23-6-2-7-24-58)45-67(49-72)59-25-8-3-9-26-59/h2-55H. The molecule has 0 aliphatic carbocycles. The van der Waals surface area contributed by atoms with Gasteiger partial charge in [-0.3, -0.25) is 0 Å². The molecule has 5 nitrogen and oxygen atoms in total. The lowest BCUT2D eigenvalue weighted by Gasteiger charge is -2.44. The predicted molar refractivity (Wildman–Crippen MR) is 384 cm³/mol. The lowest BCUT2D eigenvalue weighted by molar-refractivity contribution is 1.18. The zero-order chi connectivity index (χ0) is 61.2. The number of nitrogens with zero attached hydrogens (tertiary/aromatic N) is 5. The summed E-state index contributed by atoms with van der Waals surface area (Å²) < 4.78 is 2.39. The van der Waals surface area contributed by atoms with Crippen molar-refractivity contribution in [3.63, 3.8) is 0 Å². The van der Waals surface area contributed by atoms with Crippen molar-refractivity contribution in [2.24, 2.45) is 0 Å². The largest absolute Gasteiger partial charge is 0.311 e. The van der Waals surface area contributed by atoms with Crippen LogP contribution in [0.4, 0.5) is 39.8 Å². The van der Waals surface area contributed by atoms with Gasteiger partial charge in [0.15, 0.2) is 5.69 Å². The van der Waals surface area contributed by atoms with E-state index in [1.54, 1.807) is 0 Å². The number of nitriles is 1. The van der Waals surface area contributed by atoms with Crippen LogP contribution in [0.15, 0.2) is 328 Å². The van der Waals surface area contributed by atoms with Gasteiger partial charge in [-0.1, -0.05) is 218 Å². The summed E-state index contributed by atoms with van der Waals surface area (Å²) in [6.07, 6.45) is 0. The molecule has 6 heteroatoms. The Morgan fingerprint density at radius 2 is 0.750 bits per heavy atom. The molecular weight excluding hydrogens is 1110 g/mol. The van der Waals surface area contributed by atoms with E-state index in [0.717, 1.165) is 140 Å². The van der Waals surface area contributed by atoms with Gasteiger partial charge in [0, 0.05) is 50.5 Å². The van der Waals surface area contributed by atoms with Crippen molar-refractivity contribution in [1.29, 1.82) is 5.26 Å². The quantitative estimate of drug-likeness (QED) is 0.101. The molecule has 0 bridgehead atoms. The van der Waals surface area contributed by atoms with Crippen LogP contribution in [0.5, 0.6) is 0 Å². The van der Waals surface area contributed by atoms with Gasteiger partial charge in [-0.25, -0.2) is 4.85 Å². The molecule has 3 heterocycles. The monoisotopic (exact) mass is 1170 g/mol. The molecule has 1 aromatic heterocycles. The van der Waals surface area contributed by atoms with Gasteiger partial charge in [-0.15, -0.1) is 0 Å². The predicted octanol–water partition coefficient (Wildman–Crippen LogP) is 21.0.